The van der Waals surface area contributed by atoms with Crippen molar-refractivity contribution in [3.05, 3.63) is 0 Å². The molecule has 0 bridgehead atoms. The van der Waals surface area contributed by atoms with Crippen LogP contribution in [0.15, 0.2) is 0 Å². The molecule has 0 spiro atoms. The van der Waals surface area contributed by atoms with Crippen molar-refractivity contribution >= 4 is 84.5 Å². The quantitative estimate of drug-likeness (QED) is 0.138. The summed E-state index contributed by atoms with van der Waals surface area (Å²) in [7, 11) is -1.44. The summed E-state index contributed by atoms with van der Waals surface area (Å²) in [6.45, 7) is 6.15. The van der Waals surface area contributed by atoms with Crippen molar-refractivity contribution in [1.82, 2.24) is 0 Å². The molecule has 0 amide bonds. The normalized spacial score (nSPS) is 31.0. The molecule has 15 heteroatoms. The van der Waals surface area contributed by atoms with Crippen LogP contribution in [-0.2, 0) is 28.2 Å². The predicted molar refractivity (Wildman–Crippen MR) is 111 cm³/mol. The molecule has 1 fully saturated rings. The molecule has 0 aromatic heterocycles. The zero-order valence-corrected chi connectivity index (χ0v) is 27.8. The molecule has 0 aromatic carbocycles. The molecule has 28 heavy (non-hydrogen) atoms. The zero-order chi connectivity index (χ0) is 20.9. The summed E-state index contributed by atoms with van der Waals surface area (Å²) in [5, 5.41) is 0. The summed E-state index contributed by atoms with van der Waals surface area (Å²) in [6.07, 6.45) is 5.18. The van der Waals surface area contributed by atoms with Crippen molar-refractivity contribution in [1.29, 1.82) is 0 Å². The van der Waals surface area contributed by atoms with Crippen molar-refractivity contribution in [3.8, 4) is 0 Å². The monoisotopic (exact) mass is 782 g/mol. The minimum absolute atomic E-state index is 0.108. The van der Waals surface area contributed by atoms with Crippen LogP contribution in [0.2, 0.25) is 13.3 Å². The fourth-order valence-corrected chi connectivity index (χ4v) is 96.9. The van der Waals surface area contributed by atoms with E-state index in [0.717, 1.165) is 38.5 Å². The summed E-state index contributed by atoms with van der Waals surface area (Å²) in [5.41, 5.74) is 0. The van der Waals surface area contributed by atoms with Crippen LogP contribution < -0.4 is 0 Å². The van der Waals surface area contributed by atoms with Gasteiger partial charge in [0.15, 0.2) is 0 Å². The first-order chi connectivity index (χ1) is 13.5. The number of unbranched alkanes of at least 4 members (excludes halogenated alkanes) is 3. The van der Waals surface area contributed by atoms with E-state index in [-0.39, 0.29) is 4.62 Å². The third-order valence-corrected chi connectivity index (χ3v) is 66.0. The van der Waals surface area contributed by atoms with Gasteiger partial charge in [-0.25, -0.2) is 0 Å². The predicted octanol–water partition coefficient (Wildman–Crippen LogP) is 5.98. The number of rotatable bonds is 16. The molecule has 0 radical (unpaired) electrons. The fraction of sp³-hybridized carbons (Fsp3) is 1.00. The Balaban J connectivity index is 3.39. The van der Waals surface area contributed by atoms with Crippen LogP contribution in [0.3, 0.4) is 0 Å². The van der Waals surface area contributed by atoms with E-state index in [1.807, 2.05) is 13.8 Å². The molecule has 1 aliphatic rings. The maximum atomic E-state index is 11.4. The fourth-order valence-electron chi connectivity index (χ4n) is 2.94. The summed E-state index contributed by atoms with van der Waals surface area (Å²) in [6, 6.07) is 0. The van der Waals surface area contributed by atoms with Gasteiger partial charge < -0.3 is 0 Å². The average Bonchev–Trinajstić information content (AvgIpc) is 2.68. The van der Waals surface area contributed by atoms with Crippen LogP contribution in [0.4, 0.5) is 0 Å². The second-order valence-electron chi connectivity index (χ2n) is 6.57. The Morgan fingerprint density at radius 2 is 1.14 bits per heavy atom. The number of hydrogen-bond acceptors (Lipinski definition) is 9. The average molecular weight is 778 g/mol. The van der Waals surface area contributed by atoms with Crippen molar-refractivity contribution in [3.63, 3.8) is 0 Å². The Bertz CT molecular complexity index is 477. The van der Waals surface area contributed by atoms with Crippen LogP contribution in [0.25, 0.3) is 0 Å². The van der Waals surface area contributed by atoms with Crippen molar-refractivity contribution in [2.75, 3.05) is 4.62 Å². The summed E-state index contributed by atoms with van der Waals surface area (Å²) in [5.74, 6) is 0. The Morgan fingerprint density at radius 1 is 0.679 bits per heavy atom. The van der Waals surface area contributed by atoms with Crippen molar-refractivity contribution < 1.29 is 28.2 Å². The number of hydrogen-bond donors (Lipinski definition) is 0. The molecular weight excluding hydrogens is 749 g/mol. The van der Waals surface area contributed by atoms with Gasteiger partial charge in [0.1, 0.15) is 0 Å². The van der Waals surface area contributed by atoms with Crippen molar-refractivity contribution in [2.45, 2.75) is 72.6 Å². The van der Waals surface area contributed by atoms with Gasteiger partial charge in [0, 0.05) is 0 Å². The van der Waals surface area contributed by atoms with Gasteiger partial charge in [-0.2, -0.15) is 0 Å². The molecule has 1 heterocycles. The molecule has 2 unspecified atom stereocenters. The van der Waals surface area contributed by atoms with E-state index >= 15 is 0 Å². The molecule has 2 atom stereocenters. The maximum absolute atomic E-state index is 11.4. The van der Waals surface area contributed by atoms with Crippen LogP contribution in [0, 0.1) is 0 Å². The first-order valence-electron chi connectivity index (χ1n) is 9.55. The van der Waals surface area contributed by atoms with E-state index in [1.54, 1.807) is 0 Å². The van der Waals surface area contributed by atoms with E-state index < -0.39 is 84.5 Å². The topological polar surface area (TPSA) is 107 Å². The van der Waals surface area contributed by atoms with E-state index in [2.05, 4.69) is 6.92 Å². The molecule has 0 aromatic rings. The SMILES string of the molecule is CCC[CH2][Sn]1([CH2]OP=O)[O][Sn]([CH2]CCC)([O]P=O)[O][Sn]([CH2]CCC)([O]P=O)[O]1. The first-order valence-corrected chi connectivity index (χ1v) is 29.1. The van der Waals surface area contributed by atoms with E-state index in [0.29, 0.717) is 13.3 Å². The standard InChI is InChI=1S/3C4H9.CH2O2P.2HO2P.3O.3Sn/c4*1-3-4-2;2*1-3-2;;;;;;/h3*1,3-4H2,2H3;1H2;2*(H,1,2);;;;;;/q;;;;;;;;;;2*+1/p-2. The van der Waals surface area contributed by atoms with E-state index in [1.165, 1.54) is 0 Å². The third-order valence-electron chi connectivity index (χ3n) is 4.27. The van der Waals surface area contributed by atoms with E-state index in [4.69, 9.17) is 14.5 Å². The Kier molecular flexibility index (Phi) is 15.6. The van der Waals surface area contributed by atoms with Crippen molar-refractivity contribution in [2.24, 2.45) is 0 Å². The molecule has 0 N–H and O–H groups in total. The van der Waals surface area contributed by atoms with Crippen LogP contribution in [0.5, 0.6) is 0 Å². The molecule has 9 nitrogen and oxygen atoms in total. The van der Waals surface area contributed by atoms with Gasteiger partial charge in [-0.1, -0.05) is 0 Å². The Labute approximate surface area is 188 Å². The van der Waals surface area contributed by atoms with Gasteiger partial charge in [0.2, 0.25) is 0 Å². The Hall–Kier alpha value is 2.46. The van der Waals surface area contributed by atoms with Crippen LogP contribution >= 0.6 is 26.1 Å². The van der Waals surface area contributed by atoms with Gasteiger partial charge in [0.25, 0.3) is 0 Å². The first kappa shape index (κ1) is 28.5. The summed E-state index contributed by atoms with van der Waals surface area (Å²) >= 11 is -12.6. The zero-order valence-electron chi connectivity index (χ0n) is 16.6. The molecule has 1 saturated heterocycles. The van der Waals surface area contributed by atoms with Gasteiger partial charge in [-0.15, -0.1) is 0 Å². The molecule has 0 aliphatic carbocycles. The Morgan fingerprint density at radius 3 is 1.54 bits per heavy atom. The molecule has 0 saturated carbocycles. The van der Waals surface area contributed by atoms with Crippen LogP contribution in [-0.4, -0.2) is 63.1 Å². The van der Waals surface area contributed by atoms with Gasteiger partial charge in [-0.3, -0.25) is 0 Å². The second kappa shape index (κ2) is 15.3. The second-order valence-corrected chi connectivity index (χ2v) is 42.3. The van der Waals surface area contributed by atoms with Gasteiger partial charge in [0.05, 0.1) is 0 Å². The minimum atomic E-state index is -4.30. The summed E-state index contributed by atoms with van der Waals surface area (Å²) in [4.78, 5) is 0. The summed E-state index contributed by atoms with van der Waals surface area (Å²) < 4.78 is 71.8. The molecule has 1 rings (SSSR count). The van der Waals surface area contributed by atoms with Crippen LogP contribution in [0.1, 0.15) is 59.3 Å². The molecule has 1 aliphatic heterocycles. The van der Waals surface area contributed by atoms with Gasteiger partial charge >= 0.3 is 190 Å². The molecule has 162 valence electrons. The molecular formula is C13H29O9P3Sn3. The third kappa shape index (κ3) is 9.14. The van der Waals surface area contributed by atoms with E-state index in [9.17, 15) is 13.7 Å². The van der Waals surface area contributed by atoms with Gasteiger partial charge in [-0.05, 0) is 0 Å².